The van der Waals surface area contributed by atoms with E-state index in [1.165, 1.54) is 27.8 Å². The molecular weight excluding hydrogens is 280 g/mol. The smallest absolute Gasteiger partial charge is 0.105 e. The van der Waals surface area contributed by atoms with Crippen molar-refractivity contribution in [2.45, 2.75) is 47.6 Å². The Kier molecular flexibility index (Phi) is 4.46. The molecule has 0 saturated heterocycles. The van der Waals surface area contributed by atoms with Gasteiger partial charge in [0.15, 0.2) is 0 Å². The van der Waals surface area contributed by atoms with Gasteiger partial charge in [0, 0.05) is 5.02 Å². The zero-order chi connectivity index (χ0) is 15.9. The van der Waals surface area contributed by atoms with E-state index in [1.807, 2.05) is 25.1 Å². The van der Waals surface area contributed by atoms with E-state index in [1.54, 1.807) is 0 Å². The molecule has 2 heteroatoms. The van der Waals surface area contributed by atoms with Crippen molar-refractivity contribution < 1.29 is 5.11 Å². The Labute approximate surface area is 132 Å². The first kappa shape index (κ1) is 16.1. The van der Waals surface area contributed by atoms with Crippen molar-refractivity contribution in [3.63, 3.8) is 0 Å². The predicted octanol–water partition coefficient (Wildman–Crippen LogP) is 5.27. The minimum Gasteiger partial charge on any atom is -0.384 e. The third-order valence-corrected chi connectivity index (χ3v) is 4.93. The molecule has 1 atom stereocenters. The molecule has 0 saturated carbocycles. The number of benzene rings is 2. The van der Waals surface area contributed by atoms with E-state index in [0.717, 1.165) is 16.7 Å². The van der Waals surface area contributed by atoms with Crippen molar-refractivity contribution in [3.05, 3.63) is 67.7 Å². The number of rotatable bonds is 2. The van der Waals surface area contributed by atoms with Crippen LogP contribution in [0.1, 0.15) is 50.6 Å². The normalized spacial score (nSPS) is 12.6. The SMILES string of the molecule is Cc1cc(Cl)cc(C(O)c2c(C)c(C)c(C)c(C)c2C)c1. The van der Waals surface area contributed by atoms with Crippen LogP contribution >= 0.6 is 11.6 Å². The summed E-state index contributed by atoms with van der Waals surface area (Å²) in [5.41, 5.74) is 9.08. The van der Waals surface area contributed by atoms with Crippen LogP contribution in [-0.4, -0.2) is 5.11 Å². The molecule has 0 aliphatic rings. The average molecular weight is 303 g/mol. The quantitative estimate of drug-likeness (QED) is 0.801. The molecule has 112 valence electrons. The fraction of sp³-hybridized carbons (Fsp3) is 0.368. The van der Waals surface area contributed by atoms with Crippen LogP contribution in [0.4, 0.5) is 0 Å². The van der Waals surface area contributed by atoms with Gasteiger partial charge in [0.1, 0.15) is 6.10 Å². The van der Waals surface area contributed by atoms with Crippen LogP contribution < -0.4 is 0 Å². The molecule has 0 bridgehead atoms. The monoisotopic (exact) mass is 302 g/mol. The molecule has 0 radical (unpaired) electrons. The van der Waals surface area contributed by atoms with Crippen LogP contribution in [-0.2, 0) is 0 Å². The summed E-state index contributed by atoms with van der Waals surface area (Å²) < 4.78 is 0. The molecule has 1 unspecified atom stereocenters. The van der Waals surface area contributed by atoms with Gasteiger partial charge < -0.3 is 5.11 Å². The summed E-state index contributed by atoms with van der Waals surface area (Å²) in [5.74, 6) is 0. The number of aliphatic hydroxyl groups is 1. The van der Waals surface area contributed by atoms with Crippen LogP contribution in [0, 0.1) is 41.5 Å². The van der Waals surface area contributed by atoms with Gasteiger partial charge in [0.2, 0.25) is 0 Å². The Hall–Kier alpha value is -1.31. The van der Waals surface area contributed by atoms with Crippen molar-refractivity contribution in [1.29, 1.82) is 0 Å². The molecule has 1 N–H and O–H groups in total. The molecule has 0 aromatic heterocycles. The Morgan fingerprint density at radius 2 is 1.24 bits per heavy atom. The minimum absolute atomic E-state index is 0.639. The van der Waals surface area contributed by atoms with Crippen LogP contribution in [0.2, 0.25) is 5.02 Å². The molecule has 2 aromatic rings. The van der Waals surface area contributed by atoms with Gasteiger partial charge >= 0.3 is 0 Å². The lowest BCUT2D eigenvalue weighted by Gasteiger charge is -2.23. The molecule has 0 spiro atoms. The van der Waals surface area contributed by atoms with E-state index in [4.69, 9.17) is 11.6 Å². The summed E-state index contributed by atoms with van der Waals surface area (Å²) in [7, 11) is 0. The zero-order valence-corrected chi connectivity index (χ0v) is 14.4. The fourth-order valence-corrected chi connectivity index (χ4v) is 3.33. The van der Waals surface area contributed by atoms with Gasteiger partial charge in [-0.2, -0.15) is 0 Å². The van der Waals surface area contributed by atoms with Gasteiger partial charge in [-0.3, -0.25) is 0 Å². The fourth-order valence-electron chi connectivity index (χ4n) is 3.03. The Bertz CT molecular complexity index is 652. The first-order chi connectivity index (χ1) is 9.73. The van der Waals surface area contributed by atoms with E-state index in [0.29, 0.717) is 5.02 Å². The second-order valence-corrected chi connectivity index (χ2v) is 6.44. The lowest BCUT2D eigenvalue weighted by atomic mass is 9.85. The molecule has 0 amide bonds. The molecule has 0 aliphatic carbocycles. The van der Waals surface area contributed by atoms with Crippen LogP contribution in [0.15, 0.2) is 18.2 Å². The molecule has 0 aliphatic heterocycles. The van der Waals surface area contributed by atoms with E-state index < -0.39 is 6.10 Å². The lowest BCUT2D eigenvalue weighted by molar-refractivity contribution is 0.218. The highest BCUT2D eigenvalue weighted by atomic mass is 35.5. The molecule has 21 heavy (non-hydrogen) atoms. The third-order valence-electron chi connectivity index (χ3n) is 4.71. The molecule has 0 fully saturated rings. The van der Waals surface area contributed by atoms with Gasteiger partial charge in [0.25, 0.3) is 0 Å². The van der Waals surface area contributed by atoms with E-state index in [2.05, 4.69) is 34.6 Å². The summed E-state index contributed by atoms with van der Waals surface area (Å²) >= 11 is 6.14. The second kappa shape index (κ2) is 5.82. The number of halogens is 1. The minimum atomic E-state index is -0.639. The second-order valence-electron chi connectivity index (χ2n) is 6.00. The average Bonchev–Trinajstić information content (AvgIpc) is 2.42. The summed E-state index contributed by atoms with van der Waals surface area (Å²) in [6.45, 7) is 12.6. The van der Waals surface area contributed by atoms with Gasteiger partial charge in [-0.1, -0.05) is 17.7 Å². The van der Waals surface area contributed by atoms with Crippen LogP contribution in [0.25, 0.3) is 0 Å². The first-order valence-electron chi connectivity index (χ1n) is 7.26. The Balaban J connectivity index is 2.66. The standard InChI is InChI=1S/C19H23ClO/c1-10-7-16(9-17(20)8-10)19(21)18-14(5)12(3)11(2)13(4)15(18)6/h7-9,19,21H,1-6H3. The maximum atomic E-state index is 10.9. The Morgan fingerprint density at radius 3 is 1.71 bits per heavy atom. The summed E-state index contributed by atoms with van der Waals surface area (Å²) in [5, 5.41) is 11.6. The lowest BCUT2D eigenvalue weighted by Crippen LogP contribution is -2.09. The van der Waals surface area contributed by atoms with E-state index >= 15 is 0 Å². The van der Waals surface area contributed by atoms with Gasteiger partial charge in [-0.15, -0.1) is 0 Å². The molecule has 1 nitrogen and oxygen atoms in total. The van der Waals surface area contributed by atoms with Gasteiger partial charge in [-0.05, 0) is 98.2 Å². The van der Waals surface area contributed by atoms with Crippen molar-refractivity contribution in [2.75, 3.05) is 0 Å². The third kappa shape index (κ3) is 2.86. The summed E-state index contributed by atoms with van der Waals surface area (Å²) in [4.78, 5) is 0. The Morgan fingerprint density at radius 1 is 0.762 bits per heavy atom. The van der Waals surface area contributed by atoms with Crippen LogP contribution in [0.5, 0.6) is 0 Å². The number of hydrogen-bond acceptors (Lipinski definition) is 1. The summed E-state index contributed by atoms with van der Waals surface area (Å²) in [6, 6.07) is 5.76. The number of aliphatic hydroxyl groups excluding tert-OH is 1. The van der Waals surface area contributed by atoms with Gasteiger partial charge in [-0.25, -0.2) is 0 Å². The van der Waals surface area contributed by atoms with E-state index in [-0.39, 0.29) is 0 Å². The van der Waals surface area contributed by atoms with Gasteiger partial charge in [0.05, 0.1) is 0 Å². The zero-order valence-electron chi connectivity index (χ0n) is 13.6. The van der Waals surface area contributed by atoms with Crippen molar-refractivity contribution >= 4 is 11.6 Å². The molecule has 2 aromatic carbocycles. The van der Waals surface area contributed by atoms with Crippen LogP contribution in [0.3, 0.4) is 0 Å². The van der Waals surface area contributed by atoms with E-state index in [9.17, 15) is 5.11 Å². The highest BCUT2D eigenvalue weighted by molar-refractivity contribution is 6.30. The predicted molar refractivity (Wildman–Crippen MR) is 90.4 cm³/mol. The maximum absolute atomic E-state index is 10.9. The largest absolute Gasteiger partial charge is 0.384 e. The molecular formula is C19H23ClO. The topological polar surface area (TPSA) is 20.2 Å². The number of hydrogen-bond donors (Lipinski definition) is 1. The molecule has 0 heterocycles. The van der Waals surface area contributed by atoms with Crippen molar-refractivity contribution in [1.82, 2.24) is 0 Å². The highest BCUT2D eigenvalue weighted by Crippen LogP contribution is 2.34. The maximum Gasteiger partial charge on any atom is 0.105 e. The number of aryl methyl sites for hydroxylation is 1. The van der Waals surface area contributed by atoms with Crippen molar-refractivity contribution in [2.24, 2.45) is 0 Å². The first-order valence-corrected chi connectivity index (χ1v) is 7.63. The summed E-state index contributed by atoms with van der Waals surface area (Å²) in [6.07, 6.45) is -0.639. The van der Waals surface area contributed by atoms with Crippen molar-refractivity contribution in [3.8, 4) is 0 Å². The highest BCUT2D eigenvalue weighted by Gasteiger charge is 2.20. The molecule has 2 rings (SSSR count).